The Hall–Kier alpha value is -1.38. The molecule has 0 radical (unpaired) electrons. The lowest BCUT2D eigenvalue weighted by Crippen LogP contribution is -2.34. The standard InChI is InChI=1S/C12H12N2OS2/c1-8(3-5-13)14(2)12(15)11-7-10-9(17-11)4-6-16-10/h4,6-8H,3H2,1-2H3. The van der Waals surface area contributed by atoms with Crippen LogP contribution in [-0.2, 0) is 0 Å². The topological polar surface area (TPSA) is 44.1 Å². The molecule has 0 bridgehead atoms. The van der Waals surface area contributed by atoms with Crippen LogP contribution in [-0.4, -0.2) is 23.9 Å². The second kappa shape index (κ2) is 4.86. The minimum atomic E-state index is -0.0485. The smallest absolute Gasteiger partial charge is 0.264 e. The van der Waals surface area contributed by atoms with Crippen LogP contribution in [0.3, 0.4) is 0 Å². The number of rotatable bonds is 3. The molecular formula is C12H12N2OS2. The molecule has 1 unspecified atom stereocenters. The average Bonchev–Trinajstić information content (AvgIpc) is 2.87. The Kier molecular flexibility index (Phi) is 3.46. The SMILES string of the molecule is CC(CC#N)N(C)C(=O)c1cc2sccc2s1. The molecule has 0 aliphatic carbocycles. The first kappa shape index (κ1) is 12.1. The van der Waals surface area contributed by atoms with Crippen LogP contribution in [0, 0.1) is 11.3 Å². The fourth-order valence-electron chi connectivity index (χ4n) is 1.51. The van der Waals surface area contributed by atoms with Crippen molar-refractivity contribution in [2.45, 2.75) is 19.4 Å². The first-order valence-electron chi connectivity index (χ1n) is 5.24. The number of hydrogen-bond acceptors (Lipinski definition) is 4. The van der Waals surface area contributed by atoms with Crippen LogP contribution >= 0.6 is 22.7 Å². The molecule has 0 N–H and O–H groups in total. The molecule has 5 heteroatoms. The number of thiophene rings is 2. The third-order valence-corrected chi connectivity index (χ3v) is 4.80. The molecule has 3 nitrogen and oxygen atoms in total. The number of hydrogen-bond donors (Lipinski definition) is 0. The van der Waals surface area contributed by atoms with Gasteiger partial charge in [0.05, 0.1) is 17.4 Å². The van der Waals surface area contributed by atoms with E-state index in [2.05, 4.69) is 6.07 Å². The zero-order valence-electron chi connectivity index (χ0n) is 9.64. The van der Waals surface area contributed by atoms with Crippen molar-refractivity contribution in [3.8, 4) is 6.07 Å². The van der Waals surface area contributed by atoms with E-state index >= 15 is 0 Å². The van der Waals surface area contributed by atoms with Gasteiger partial charge in [-0.15, -0.1) is 22.7 Å². The Morgan fingerprint density at radius 3 is 3.00 bits per heavy atom. The lowest BCUT2D eigenvalue weighted by Gasteiger charge is -2.22. The van der Waals surface area contributed by atoms with Crippen LogP contribution < -0.4 is 0 Å². The van der Waals surface area contributed by atoms with Gasteiger partial charge < -0.3 is 4.90 Å². The summed E-state index contributed by atoms with van der Waals surface area (Å²) in [6, 6.07) is 6.00. The van der Waals surface area contributed by atoms with Crippen molar-refractivity contribution in [2.75, 3.05) is 7.05 Å². The Morgan fingerprint density at radius 1 is 1.59 bits per heavy atom. The van der Waals surface area contributed by atoms with Crippen molar-refractivity contribution < 1.29 is 4.79 Å². The molecule has 2 rings (SSSR count). The second-order valence-corrected chi connectivity index (χ2v) is 5.92. The summed E-state index contributed by atoms with van der Waals surface area (Å²) >= 11 is 3.16. The van der Waals surface area contributed by atoms with Gasteiger partial charge in [-0.25, -0.2) is 0 Å². The van der Waals surface area contributed by atoms with E-state index in [1.54, 1.807) is 23.3 Å². The summed E-state index contributed by atoms with van der Waals surface area (Å²) in [5.41, 5.74) is 0. The first-order chi connectivity index (χ1) is 8.13. The van der Waals surface area contributed by atoms with Crippen LogP contribution in [0.25, 0.3) is 9.40 Å². The minimum absolute atomic E-state index is 0.00106. The molecule has 0 aromatic carbocycles. The summed E-state index contributed by atoms with van der Waals surface area (Å²) in [6.45, 7) is 1.89. The van der Waals surface area contributed by atoms with Gasteiger partial charge >= 0.3 is 0 Å². The van der Waals surface area contributed by atoms with E-state index < -0.39 is 0 Å². The van der Waals surface area contributed by atoms with Crippen LogP contribution in [0.2, 0.25) is 0 Å². The summed E-state index contributed by atoms with van der Waals surface area (Å²) in [6.07, 6.45) is 0.363. The molecule has 2 aromatic heterocycles. The third-order valence-electron chi connectivity index (χ3n) is 2.72. The van der Waals surface area contributed by atoms with Gasteiger partial charge in [-0.3, -0.25) is 4.79 Å². The maximum Gasteiger partial charge on any atom is 0.264 e. The molecule has 2 aromatic rings. The highest BCUT2D eigenvalue weighted by molar-refractivity contribution is 7.27. The molecule has 0 aliphatic rings. The highest BCUT2D eigenvalue weighted by atomic mass is 32.1. The van der Waals surface area contributed by atoms with Gasteiger partial charge in [0.15, 0.2) is 0 Å². The van der Waals surface area contributed by atoms with Gasteiger partial charge in [0.25, 0.3) is 5.91 Å². The molecule has 0 saturated carbocycles. The summed E-state index contributed by atoms with van der Waals surface area (Å²) in [4.78, 5) is 14.5. The van der Waals surface area contributed by atoms with Crippen molar-refractivity contribution in [1.29, 1.82) is 5.26 Å². The largest absolute Gasteiger partial charge is 0.337 e. The molecule has 1 amide bonds. The predicted molar refractivity (Wildman–Crippen MR) is 71.5 cm³/mol. The Morgan fingerprint density at radius 2 is 2.35 bits per heavy atom. The van der Waals surface area contributed by atoms with Crippen molar-refractivity contribution in [3.05, 3.63) is 22.4 Å². The van der Waals surface area contributed by atoms with Crippen molar-refractivity contribution in [2.24, 2.45) is 0 Å². The molecule has 1 atom stereocenters. The van der Waals surface area contributed by atoms with Gasteiger partial charge in [-0.1, -0.05) is 0 Å². The van der Waals surface area contributed by atoms with Gasteiger partial charge in [-0.2, -0.15) is 5.26 Å². The molecule has 0 saturated heterocycles. The van der Waals surface area contributed by atoms with E-state index in [0.717, 1.165) is 14.3 Å². The fraction of sp³-hybridized carbons (Fsp3) is 0.333. The zero-order chi connectivity index (χ0) is 12.4. The van der Waals surface area contributed by atoms with Gasteiger partial charge in [-0.05, 0) is 24.4 Å². The fourth-order valence-corrected chi connectivity index (χ4v) is 3.61. The number of fused-ring (bicyclic) bond motifs is 1. The maximum absolute atomic E-state index is 12.2. The van der Waals surface area contributed by atoms with Crippen molar-refractivity contribution in [3.63, 3.8) is 0 Å². The molecule has 0 spiro atoms. The van der Waals surface area contributed by atoms with Crippen molar-refractivity contribution in [1.82, 2.24) is 4.90 Å². The van der Waals surface area contributed by atoms with Gasteiger partial charge in [0, 0.05) is 22.5 Å². The lowest BCUT2D eigenvalue weighted by atomic mass is 10.2. The van der Waals surface area contributed by atoms with Crippen LogP contribution in [0.1, 0.15) is 23.0 Å². The number of carbonyl (C=O) groups excluding carboxylic acids is 1. The molecule has 0 fully saturated rings. The van der Waals surface area contributed by atoms with E-state index in [9.17, 15) is 4.79 Å². The summed E-state index contributed by atoms with van der Waals surface area (Å²) in [7, 11) is 1.75. The van der Waals surface area contributed by atoms with E-state index in [0.29, 0.717) is 6.42 Å². The number of nitrogens with zero attached hydrogens (tertiary/aromatic N) is 2. The Bertz CT molecular complexity index is 550. The van der Waals surface area contributed by atoms with E-state index in [4.69, 9.17) is 5.26 Å². The molecule has 17 heavy (non-hydrogen) atoms. The minimum Gasteiger partial charge on any atom is -0.337 e. The zero-order valence-corrected chi connectivity index (χ0v) is 11.3. The van der Waals surface area contributed by atoms with Gasteiger partial charge in [0.1, 0.15) is 0 Å². The first-order valence-corrected chi connectivity index (χ1v) is 6.94. The van der Waals surface area contributed by atoms with Gasteiger partial charge in [0.2, 0.25) is 0 Å². The van der Waals surface area contributed by atoms with Crippen LogP contribution in [0.4, 0.5) is 0 Å². The number of nitriles is 1. The Labute approximate surface area is 108 Å². The monoisotopic (exact) mass is 264 g/mol. The average molecular weight is 264 g/mol. The maximum atomic E-state index is 12.2. The highest BCUT2D eigenvalue weighted by Crippen LogP contribution is 2.30. The number of amides is 1. The molecule has 2 heterocycles. The number of carbonyl (C=O) groups is 1. The Balaban J connectivity index is 2.20. The summed E-state index contributed by atoms with van der Waals surface area (Å²) in [5.74, 6) is 0.00106. The highest BCUT2D eigenvalue weighted by Gasteiger charge is 2.19. The second-order valence-electron chi connectivity index (χ2n) is 3.89. The van der Waals surface area contributed by atoms with Crippen molar-refractivity contribution >= 4 is 38.0 Å². The molecule has 88 valence electrons. The summed E-state index contributed by atoms with van der Waals surface area (Å²) in [5, 5.41) is 10.7. The third kappa shape index (κ3) is 2.33. The molecular weight excluding hydrogens is 252 g/mol. The summed E-state index contributed by atoms with van der Waals surface area (Å²) < 4.78 is 2.30. The predicted octanol–water partition coefficient (Wildman–Crippen LogP) is 3.34. The molecule has 0 aliphatic heterocycles. The quantitative estimate of drug-likeness (QED) is 0.853. The normalized spacial score (nSPS) is 12.3. The van der Waals surface area contributed by atoms with E-state index in [1.165, 1.54) is 11.3 Å². The van der Waals surface area contributed by atoms with E-state index in [1.807, 2.05) is 24.4 Å². The lowest BCUT2D eigenvalue weighted by molar-refractivity contribution is 0.0751. The van der Waals surface area contributed by atoms with Crippen LogP contribution in [0.5, 0.6) is 0 Å². The van der Waals surface area contributed by atoms with E-state index in [-0.39, 0.29) is 11.9 Å². The van der Waals surface area contributed by atoms with Crippen LogP contribution in [0.15, 0.2) is 17.5 Å².